The van der Waals surface area contributed by atoms with Crippen LogP contribution in [0.15, 0.2) is 103 Å². The van der Waals surface area contributed by atoms with Gasteiger partial charge in [0, 0.05) is 48.5 Å². The van der Waals surface area contributed by atoms with Gasteiger partial charge in [-0.2, -0.15) is 0 Å². The van der Waals surface area contributed by atoms with Crippen LogP contribution in [0.5, 0.6) is 0 Å². The predicted octanol–water partition coefficient (Wildman–Crippen LogP) is 5.85. The Kier molecular flexibility index (Phi) is 5.76. The molecule has 0 aliphatic carbocycles. The summed E-state index contributed by atoms with van der Waals surface area (Å²) in [4.78, 5) is 11.5. The van der Waals surface area contributed by atoms with E-state index in [-0.39, 0.29) is 6.71 Å². The number of benzene rings is 3. The molecule has 4 nitrogen and oxygen atoms in total. The SMILES string of the molecule is CB(c1cccc(-c2ccc3c4ccccc4n(-c4cc(C)ccn4)c3c2)c1)c1cc(N(C)C)ccn1. The molecule has 0 bridgehead atoms. The molecule has 3 aromatic heterocycles. The standard InChI is InChI=1S/C32H29BN4/c1-22-14-16-35-32(18-22)37-29-11-6-5-10-27(29)28-13-12-24(20-30(28)37)23-8-7-9-25(19-23)33(2)31-21-26(36(3)4)15-17-34-31/h5-21H,1-4H3. The minimum Gasteiger partial charge on any atom is -0.378 e. The first-order chi connectivity index (χ1) is 18.0. The molecule has 5 heteroatoms. The second kappa shape index (κ2) is 9.25. The highest BCUT2D eigenvalue weighted by Crippen LogP contribution is 2.34. The van der Waals surface area contributed by atoms with Gasteiger partial charge in [-0.3, -0.25) is 9.55 Å². The van der Waals surface area contributed by atoms with Crippen LogP contribution in [0.1, 0.15) is 5.56 Å². The zero-order chi connectivity index (χ0) is 25.5. The van der Waals surface area contributed by atoms with Crippen LogP contribution >= 0.6 is 0 Å². The Balaban J connectivity index is 1.47. The van der Waals surface area contributed by atoms with Gasteiger partial charge >= 0.3 is 0 Å². The summed E-state index contributed by atoms with van der Waals surface area (Å²) < 4.78 is 2.28. The Morgan fingerprint density at radius 3 is 2.32 bits per heavy atom. The summed E-state index contributed by atoms with van der Waals surface area (Å²) in [6.07, 6.45) is 3.79. The molecule has 0 fully saturated rings. The van der Waals surface area contributed by atoms with Gasteiger partial charge in [0.25, 0.3) is 0 Å². The van der Waals surface area contributed by atoms with Crippen LogP contribution < -0.4 is 16.0 Å². The van der Waals surface area contributed by atoms with Gasteiger partial charge < -0.3 is 4.90 Å². The van der Waals surface area contributed by atoms with Crippen molar-refractivity contribution in [2.75, 3.05) is 19.0 Å². The van der Waals surface area contributed by atoms with Crippen molar-refractivity contribution in [2.24, 2.45) is 0 Å². The van der Waals surface area contributed by atoms with E-state index in [2.05, 4.69) is 121 Å². The molecule has 0 unspecified atom stereocenters. The van der Waals surface area contributed by atoms with Gasteiger partial charge in [-0.15, -0.1) is 0 Å². The Morgan fingerprint density at radius 2 is 1.49 bits per heavy atom. The first-order valence-corrected chi connectivity index (χ1v) is 12.7. The van der Waals surface area contributed by atoms with E-state index in [0.717, 1.165) is 22.6 Å². The summed E-state index contributed by atoms with van der Waals surface area (Å²) in [6, 6.07) is 32.6. The first kappa shape index (κ1) is 23.0. The Labute approximate surface area is 218 Å². The molecule has 0 N–H and O–H groups in total. The van der Waals surface area contributed by atoms with Gasteiger partial charge in [0.1, 0.15) is 5.82 Å². The van der Waals surface area contributed by atoms with Crippen molar-refractivity contribution in [3.05, 3.63) is 109 Å². The monoisotopic (exact) mass is 480 g/mol. The number of anilines is 1. The highest BCUT2D eigenvalue weighted by Gasteiger charge is 2.17. The minimum atomic E-state index is 0.187. The molecule has 37 heavy (non-hydrogen) atoms. The zero-order valence-electron chi connectivity index (χ0n) is 21.7. The molecule has 0 aliphatic rings. The van der Waals surface area contributed by atoms with Gasteiger partial charge in [-0.25, -0.2) is 4.98 Å². The third kappa shape index (κ3) is 4.17. The maximum absolute atomic E-state index is 4.73. The number of aryl methyl sites for hydroxylation is 1. The average Bonchev–Trinajstić information content (AvgIpc) is 3.26. The van der Waals surface area contributed by atoms with E-state index in [1.807, 2.05) is 24.5 Å². The van der Waals surface area contributed by atoms with Gasteiger partial charge in [-0.1, -0.05) is 66.9 Å². The first-order valence-electron chi connectivity index (χ1n) is 12.7. The number of pyridine rings is 2. The van der Waals surface area contributed by atoms with Gasteiger partial charge in [-0.05, 0) is 60.0 Å². The van der Waals surface area contributed by atoms with E-state index in [9.17, 15) is 0 Å². The largest absolute Gasteiger partial charge is 0.378 e. The number of nitrogens with zero attached hydrogens (tertiary/aromatic N) is 4. The molecule has 0 aliphatic heterocycles. The summed E-state index contributed by atoms with van der Waals surface area (Å²) in [5, 5.41) is 2.47. The topological polar surface area (TPSA) is 34.0 Å². The Bertz CT molecular complexity index is 1750. The fourth-order valence-corrected chi connectivity index (χ4v) is 5.15. The van der Waals surface area contributed by atoms with Crippen LogP contribution in [0.2, 0.25) is 6.82 Å². The van der Waals surface area contributed by atoms with E-state index in [0.29, 0.717) is 0 Å². The van der Waals surface area contributed by atoms with Crippen molar-refractivity contribution in [3.8, 4) is 16.9 Å². The summed E-state index contributed by atoms with van der Waals surface area (Å²) in [7, 11) is 4.12. The number of hydrogen-bond acceptors (Lipinski definition) is 3. The molecule has 0 atom stereocenters. The predicted molar refractivity (Wildman–Crippen MR) is 158 cm³/mol. The fourth-order valence-electron chi connectivity index (χ4n) is 5.15. The molecule has 180 valence electrons. The maximum Gasteiger partial charge on any atom is 0.230 e. The van der Waals surface area contributed by atoms with Gasteiger partial charge in [0.15, 0.2) is 0 Å². The summed E-state index contributed by atoms with van der Waals surface area (Å²) >= 11 is 0. The molecule has 0 radical (unpaired) electrons. The molecule has 0 spiro atoms. The molecular weight excluding hydrogens is 451 g/mol. The van der Waals surface area contributed by atoms with Crippen molar-refractivity contribution >= 4 is 45.3 Å². The van der Waals surface area contributed by atoms with E-state index in [1.165, 1.54) is 38.4 Å². The zero-order valence-corrected chi connectivity index (χ0v) is 21.7. The smallest absolute Gasteiger partial charge is 0.230 e. The quantitative estimate of drug-likeness (QED) is 0.290. The highest BCUT2D eigenvalue weighted by molar-refractivity contribution is 6.83. The molecule has 3 aromatic carbocycles. The van der Waals surface area contributed by atoms with Crippen molar-refractivity contribution in [1.82, 2.24) is 14.5 Å². The number of aromatic nitrogens is 3. The molecule has 0 saturated heterocycles. The third-order valence-corrected chi connectivity index (χ3v) is 7.25. The van der Waals surface area contributed by atoms with Crippen molar-refractivity contribution < 1.29 is 0 Å². The van der Waals surface area contributed by atoms with Crippen LogP contribution in [0, 0.1) is 6.92 Å². The van der Waals surface area contributed by atoms with Crippen LogP contribution in [0.4, 0.5) is 5.69 Å². The fraction of sp³-hybridized carbons (Fsp3) is 0.125. The minimum absolute atomic E-state index is 0.187. The summed E-state index contributed by atoms with van der Waals surface area (Å²) in [5.41, 5.74) is 9.40. The Morgan fingerprint density at radius 1 is 0.703 bits per heavy atom. The Hall–Kier alpha value is -4.38. The molecule has 0 amide bonds. The van der Waals surface area contributed by atoms with Gasteiger partial charge in [0.05, 0.1) is 11.0 Å². The van der Waals surface area contributed by atoms with E-state index in [1.54, 1.807) is 0 Å². The lowest BCUT2D eigenvalue weighted by molar-refractivity contribution is 1.07. The lowest BCUT2D eigenvalue weighted by Crippen LogP contribution is -2.41. The maximum atomic E-state index is 4.73. The summed E-state index contributed by atoms with van der Waals surface area (Å²) in [5.74, 6) is 0.942. The van der Waals surface area contributed by atoms with E-state index < -0.39 is 0 Å². The third-order valence-electron chi connectivity index (χ3n) is 7.25. The molecule has 0 saturated carbocycles. The van der Waals surface area contributed by atoms with E-state index >= 15 is 0 Å². The lowest BCUT2D eigenvalue weighted by Gasteiger charge is -2.16. The normalized spacial score (nSPS) is 11.2. The van der Waals surface area contributed by atoms with Crippen molar-refractivity contribution in [2.45, 2.75) is 13.7 Å². The number of rotatable bonds is 5. The molecule has 6 rings (SSSR count). The van der Waals surface area contributed by atoms with Crippen LogP contribution in [-0.2, 0) is 0 Å². The number of fused-ring (bicyclic) bond motifs is 3. The van der Waals surface area contributed by atoms with Crippen LogP contribution in [0.25, 0.3) is 38.8 Å². The van der Waals surface area contributed by atoms with E-state index in [4.69, 9.17) is 4.98 Å². The van der Waals surface area contributed by atoms with Gasteiger partial charge in [0.2, 0.25) is 6.71 Å². The highest BCUT2D eigenvalue weighted by atomic mass is 15.1. The van der Waals surface area contributed by atoms with Crippen LogP contribution in [0.3, 0.4) is 0 Å². The number of para-hydroxylation sites is 1. The molecular formula is C32H29BN4. The second-order valence-electron chi connectivity index (χ2n) is 9.96. The van der Waals surface area contributed by atoms with Crippen LogP contribution in [-0.4, -0.2) is 35.3 Å². The molecule has 6 aromatic rings. The molecule has 3 heterocycles. The second-order valence-corrected chi connectivity index (χ2v) is 9.96. The van der Waals surface area contributed by atoms with Crippen molar-refractivity contribution in [1.29, 1.82) is 0 Å². The lowest BCUT2D eigenvalue weighted by atomic mass is 9.44. The number of hydrogen-bond donors (Lipinski definition) is 0. The van der Waals surface area contributed by atoms with Crippen molar-refractivity contribution in [3.63, 3.8) is 0 Å². The summed E-state index contributed by atoms with van der Waals surface area (Å²) in [6.45, 7) is 4.53. The average molecular weight is 480 g/mol.